The SMILES string of the molecule is Cc1noc(C)c1S(=O)(=O)N1CCC(C(=O)N[C@H](C)c2ccc3c(c2)OCO3)CC1. The van der Waals surface area contributed by atoms with Gasteiger partial charge in [-0.25, -0.2) is 8.42 Å². The van der Waals surface area contributed by atoms with Crippen LogP contribution >= 0.6 is 0 Å². The van der Waals surface area contributed by atoms with E-state index < -0.39 is 10.0 Å². The summed E-state index contributed by atoms with van der Waals surface area (Å²) in [4.78, 5) is 12.9. The third-order valence-electron chi connectivity index (χ3n) is 5.65. The fourth-order valence-corrected chi connectivity index (χ4v) is 5.69. The van der Waals surface area contributed by atoms with E-state index in [0.29, 0.717) is 30.0 Å². The molecule has 2 aromatic rings. The van der Waals surface area contributed by atoms with E-state index in [0.717, 1.165) is 5.56 Å². The molecular weight excluding hydrogens is 410 g/mol. The molecule has 30 heavy (non-hydrogen) atoms. The molecule has 0 spiro atoms. The molecule has 2 aliphatic rings. The second-order valence-corrected chi connectivity index (χ2v) is 9.55. The van der Waals surface area contributed by atoms with Gasteiger partial charge in [0.25, 0.3) is 0 Å². The number of piperidine rings is 1. The third-order valence-corrected chi connectivity index (χ3v) is 7.79. The van der Waals surface area contributed by atoms with Crippen LogP contribution in [-0.2, 0) is 14.8 Å². The molecule has 0 unspecified atom stereocenters. The Morgan fingerprint density at radius 1 is 1.20 bits per heavy atom. The molecule has 9 nitrogen and oxygen atoms in total. The van der Waals surface area contributed by atoms with E-state index in [-0.39, 0.29) is 48.4 Å². The van der Waals surface area contributed by atoms with Crippen molar-refractivity contribution in [1.82, 2.24) is 14.8 Å². The maximum atomic E-state index is 12.9. The number of hydrogen-bond donors (Lipinski definition) is 1. The van der Waals surface area contributed by atoms with E-state index in [2.05, 4.69) is 10.5 Å². The summed E-state index contributed by atoms with van der Waals surface area (Å²) in [7, 11) is -3.68. The first-order valence-corrected chi connectivity index (χ1v) is 11.3. The minimum atomic E-state index is -3.68. The van der Waals surface area contributed by atoms with Crippen LogP contribution < -0.4 is 14.8 Å². The molecule has 0 aliphatic carbocycles. The number of amides is 1. The molecule has 1 aromatic heterocycles. The summed E-state index contributed by atoms with van der Waals surface area (Å²) in [5.74, 6) is 1.34. The largest absolute Gasteiger partial charge is 0.454 e. The Kier molecular flexibility index (Phi) is 5.46. The van der Waals surface area contributed by atoms with Gasteiger partial charge in [0.1, 0.15) is 10.6 Å². The molecule has 2 aliphatic heterocycles. The Bertz CT molecular complexity index is 1040. The second kappa shape index (κ2) is 7.92. The highest BCUT2D eigenvalue weighted by Gasteiger charge is 2.35. The first-order chi connectivity index (χ1) is 14.3. The van der Waals surface area contributed by atoms with Crippen molar-refractivity contribution in [1.29, 1.82) is 0 Å². The molecule has 0 radical (unpaired) electrons. The first-order valence-electron chi connectivity index (χ1n) is 9.90. The van der Waals surface area contributed by atoms with Crippen LogP contribution in [0, 0.1) is 19.8 Å². The predicted octanol–water partition coefficient (Wildman–Crippen LogP) is 2.30. The van der Waals surface area contributed by atoms with Gasteiger partial charge in [-0.2, -0.15) is 4.31 Å². The zero-order valence-corrected chi connectivity index (χ0v) is 18.0. The van der Waals surface area contributed by atoms with Crippen molar-refractivity contribution in [2.24, 2.45) is 5.92 Å². The number of sulfonamides is 1. The third kappa shape index (κ3) is 3.77. The van der Waals surface area contributed by atoms with Crippen molar-refractivity contribution in [3.63, 3.8) is 0 Å². The number of carbonyl (C=O) groups is 1. The van der Waals surface area contributed by atoms with E-state index in [1.807, 2.05) is 25.1 Å². The fourth-order valence-electron chi connectivity index (χ4n) is 3.93. The quantitative estimate of drug-likeness (QED) is 0.767. The smallest absolute Gasteiger partial charge is 0.248 e. The maximum Gasteiger partial charge on any atom is 0.248 e. The molecule has 0 bridgehead atoms. The number of ether oxygens (including phenoxy) is 2. The molecule has 1 N–H and O–H groups in total. The minimum Gasteiger partial charge on any atom is -0.454 e. The van der Waals surface area contributed by atoms with Gasteiger partial charge in [-0.05, 0) is 51.3 Å². The van der Waals surface area contributed by atoms with Crippen LogP contribution in [0.5, 0.6) is 11.5 Å². The van der Waals surface area contributed by atoms with Crippen LogP contribution in [0.2, 0.25) is 0 Å². The molecule has 162 valence electrons. The molecule has 1 aromatic carbocycles. The second-order valence-electron chi connectivity index (χ2n) is 7.67. The average Bonchev–Trinajstić information content (AvgIpc) is 3.33. The predicted molar refractivity (Wildman–Crippen MR) is 107 cm³/mol. The molecule has 0 saturated carbocycles. The number of nitrogens with one attached hydrogen (secondary N) is 1. The number of aryl methyl sites for hydroxylation is 2. The van der Waals surface area contributed by atoms with Gasteiger partial charge in [-0.1, -0.05) is 11.2 Å². The summed E-state index contributed by atoms with van der Waals surface area (Å²) >= 11 is 0. The van der Waals surface area contributed by atoms with Gasteiger partial charge in [0.15, 0.2) is 17.3 Å². The lowest BCUT2D eigenvalue weighted by molar-refractivity contribution is -0.126. The fraction of sp³-hybridized carbons (Fsp3) is 0.500. The topological polar surface area (TPSA) is 111 Å². The Hall–Kier alpha value is -2.59. The van der Waals surface area contributed by atoms with Gasteiger partial charge >= 0.3 is 0 Å². The summed E-state index contributed by atoms with van der Waals surface area (Å²) in [6.45, 7) is 5.87. The summed E-state index contributed by atoms with van der Waals surface area (Å²) in [5.41, 5.74) is 1.27. The van der Waals surface area contributed by atoms with Crippen LogP contribution in [0.1, 0.15) is 42.8 Å². The lowest BCUT2D eigenvalue weighted by Crippen LogP contribution is -2.43. The number of nitrogens with zero attached hydrogens (tertiary/aromatic N) is 2. The lowest BCUT2D eigenvalue weighted by atomic mass is 9.96. The van der Waals surface area contributed by atoms with Crippen molar-refractivity contribution in [3.05, 3.63) is 35.2 Å². The number of rotatable bonds is 5. The molecule has 1 fully saturated rings. The van der Waals surface area contributed by atoms with Gasteiger partial charge in [0.05, 0.1) is 6.04 Å². The highest BCUT2D eigenvalue weighted by atomic mass is 32.2. The molecule has 1 amide bonds. The van der Waals surface area contributed by atoms with Crippen molar-refractivity contribution < 1.29 is 27.2 Å². The Labute approximate surface area is 175 Å². The molecule has 1 saturated heterocycles. The number of benzene rings is 1. The van der Waals surface area contributed by atoms with E-state index in [1.54, 1.807) is 13.8 Å². The molecule has 3 heterocycles. The van der Waals surface area contributed by atoms with E-state index in [9.17, 15) is 13.2 Å². The van der Waals surface area contributed by atoms with Crippen LogP contribution in [0.25, 0.3) is 0 Å². The van der Waals surface area contributed by atoms with E-state index in [1.165, 1.54) is 4.31 Å². The zero-order valence-electron chi connectivity index (χ0n) is 17.2. The van der Waals surface area contributed by atoms with Gasteiger partial charge in [0, 0.05) is 19.0 Å². The van der Waals surface area contributed by atoms with Crippen molar-refractivity contribution >= 4 is 15.9 Å². The van der Waals surface area contributed by atoms with Crippen LogP contribution in [0.4, 0.5) is 0 Å². The number of aromatic nitrogens is 1. The number of hydrogen-bond acceptors (Lipinski definition) is 7. The van der Waals surface area contributed by atoms with Crippen molar-refractivity contribution in [2.75, 3.05) is 19.9 Å². The summed E-state index contributed by atoms with van der Waals surface area (Å²) in [6.07, 6.45) is 0.921. The Morgan fingerprint density at radius 3 is 2.57 bits per heavy atom. The number of fused-ring (bicyclic) bond motifs is 1. The van der Waals surface area contributed by atoms with Crippen LogP contribution in [0.3, 0.4) is 0 Å². The van der Waals surface area contributed by atoms with Gasteiger partial charge in [-0.15, -0.1) is 0 Å². The average molecular weight is 436 g/mol. The highest BCUT2D eigenvalue weighted by molar-refractivity contribution is 7.89. The molecule has 4 rings (SSSR count). The monoisotopic (exact) mass is 435 g/mol. The molecule has 10 heteroatoms. The normalized spacial score (nSPS) is 18.4. The summed E-state index contributed by atoms with van der Waals surface area (Å²) in [5, 5.41) is 6.77. The zero-order chi connectivity index (χ0) is 21.5. The van der Waals surface area contributed by atoms with Crippen molar-refractivity contribution in [3.8, 4) is 11.5 Å². The minimum absolute atomic E-state index is 0.0745. The van der Waals surface area contributed by atoms with Gasteiger partial charge in [-0.3, -0.25) is 4.79 Å². The number of carbonyl (C=O) groups excluding carboxylic acids is 1. The highest BCUT2D eigenvalue weighted by Crippen LogP contribution is 2.34. The van der Waals surface area contributed by atoms with E-state index >= 15 is 0 Å². The summed E-state index contributed by atoms with van der Waals surface area (Å²) in [6, 6.07) is 5.40. The standard InChI is InChI=1S/C20H25N3O6S/c1-12(16-4-5-17-18(10-16)28-11-27-17)21-20(24)15-6-8-23(9-7-15)30(25,26)19-13(2)22-29-14(19)3/h4-5,10,12,15H,6-9,11H2,1-3H3,(H,21,24)/t12-/m1/s1. The van der Waals surface area contributed by atoms with Crippen molar-refractivity contribution in [2.45, 2.75) is 44.6 Å². The lowest BCUT2D eigenvalue weighted by Gasteiger charge is -2.31. The first kappa shape index (κ1) is 20.7. The van der Waals surface area contributed by atoms with Crippen LogP contribution in [0.15, 0.2) is 27.6 Å². The summed E-state index contributed by atoms with van der Waals surface area (Å²) < 4.78 is 43.0. The molecular formula is C20H25N3O6S. The Balaban J connectivity index is 1.36. The maximum absolute atomic E-state index is 12.9. The van der Waals surface area contributed by atoms with Gasteiger partial charge < -0.3 is 19.3 Å². The van der Waals surface area contributed by atoms with E-state index in [4.69, 9.17) is 14.0 Å². The molecule has 1 atom stereocenters. The van der Waals surface area contributed by atoms with Crippen LogP contribution in [-0.4, -0.2) is 43.7 Å². The Morgan fingerprint density at radius 2 is 1.90 bits per heavy atom. The van der Waals surface area contributed by atoms with Gasteiger partial charge in [0.2, 0.25) is 22.7 Å².